The molecular formula is C19H16O6. The van der Waals surface area contributed by atoms with Gasteiger partial charge in [-0.05, 0) is 11.6 Å². The molecule has 1 aliphatic rings. The Balaban J connectivity index is 2.21. The lowest BCUT2D eigenvalue weighted by Gasteiger charge is -2.29. The van der Waals surface area contributed by atoms with Gasteiger partial charge in [0.25, 0.3) is 0 Å². The maximum Gasteiger partial charge on any atom is 0.505 e. The largest absolute Gasteiger partial charge is 0.507 e. The van der Waals surface area contributed by atoms with E-state index in [0.29, 0.717) is 5.56 Å². The first-order valence-corrected chi connectivity index (χ1v) is 7.64. The number of carbonyl (C=O) groups is 3. The molecule has 0 aliphatic heterocycles. The molecule has 3 rings (SSSR count). The third-order valence-corrected chi connectivity index (χ3v) is 4.34. The smallest absolute Gasteiger partial charge is 0.505 e. The molecule has 0 bridgehead atoms. The Morgan fingerprint density at radius 2 is 1.56 bits per heavy atom. The molecule has 0 amide bonds. The zero-order valence-corrected chi connectivity index (χ0v) is 13.7. The maximum atomic E-state index is 13.0. The number of benzene rings is 2. The maximum absolute atomic E-state index is 13.0. The summed E-state index contributed by atoms with van der Waals surface area (Å²) in [6.45, 7) is 3.23. The molecule has 0 aromatic heterocycles. The average molecular weight is 340 g/mol. The average Bonchev–Trinajstić information content (AvgIpc) is 2.57. The standard InChI is InChI=1S/C19H16O6/c1-19(2,9-25-18(23)24)12-7-8-13(20)15-14(12)16(21)10-5-3-4-6-11(10)17(15)22/h3-8,20H,9H2,1-2H3,(H,23,24). The summed E-state index contributed by atoms with van der Waals surface area (Å²) in [5.41, 5.74) is 0.147. The fourth-order valence-electron chi connectivity index (χ4n) is 3.09. The van der Waals surface area contributed by atoms with Crippen LogP contribution in [0.15, 0.2) is 36.4 Å². The fraction of sp³-hybridized carbons (Fsp3) is 0.211. The Kier molecular flexibility index (Phi) is 3.83. The van der Waals surface area contributed by atoms with Crippen LogP contribution in [0, 0.1) is 0 Å². The van der Waals surface area contributed by atoms with Crippen LogP contribution in [0.1, 0.15) is 51.3 Å². The van der Waals surface area contributed by atoms with Crippen molar-refractivity contribution in [3.8, 4) is 5.75 Å². The summed E-state index contributed by atoms with van der Waals surface area (Å²) in [5, 5.41) is 18.9. The van der Waals surface area contributed by atoms with Crippen molar-refractivity contribution in [3.05, 3.63) is 64.2 Å². The molecule has 1 aliphatic carbocycles. The van der Waals surface area contributed by atoms with Crippen LogP contribution in [0.2, 0.25) is 0 Å². The normalized spacial score (nSPS) is 13.2. The van der Waals surface area contributed by atoms with E-state index in [0.717, 1.165) is 0 Å². The second-order valence-corrected chi connectivity index (χ2v) is 6.52. The molecule has 0 saturated heterocycles. The number of hydrogen-bond acceptors (Lipinski definition) is 5. The van der Waals surface area contributed by atoms with E-state index in [-0.39, 0.29) is 40.4 Å². The number of aromatic hydroxyl groups is 1. The molecule has 128 valence electrons. The van der Waals surface area contributed by atoms with Gasteiger partial charge in [-0.25, -0.2) is 4.79 Å². The second-order valence-electron chi connectivity index (χ2n) is 6.52. The summed E-state index contributed by atoms with van der Waals surface area (Å²) in [5.74, 6) is -1.08. The molecule has 6 nitrogen and oxygen atoms in total. The molecule has 0 atom stereocenters. The molecule has 6 heteroatoms. The summed E-state index contributed by atoms with van der Waals surface area (Å²) >= 11 is 0. The van der Waals surface area contributed by atoms with E-state index in [1.165, 1.54) is 12.1 Å². The molecule has 0 heterocycles. The predicted molar refractivity (Wildman–Crippen MR) is 88.4 cm³/mol. The highest BCUT2D eigenvalue weighted by Crippen LogP contribution is 2.39. The minimum atomic E-state index is -1.42. The van der Waals surface area contributed by atoms with Crippen LogP contribution in [0.25, 0.3) is 0 Å². The number of carboxylic acid groups (broad SMARTS) is 1. The number of phenols is 1. The van der Waals surface area contributed by atoms with E-state index in [4.69, 9.17) is 5.11 Å². The van der Waals surface area contributed by atoms with Gasteiger partial charge in [-0.15, -0.1) is 0 Å². The van der Waals surface area contributed by atoms with Gasteiger partial charge < -0.3 is 14.9 Å². The van der Waals surface area contributed by atoms with Gasteiger partial charge in [-0.3, -0.25) is 9.59 Å². The molecule has 0 unspecified atom stereocenters. The highest BCUT2D eigenvalue weighted by Gasteiger charge is 2.37. The van der Waals surface area contributed by atoms with Crippen molar-refractivity contribution in [3.63, 3.8) is 0 Å². The van der Waals surface area contributed by atoms with Gasteiger partial charge >= 0.3 is 6.16 Å². The lowest BCUT2D eigenvalue weighted by Crippen LogP contribution is -2.31. The molecule has 0 spiro atoms. The Labute approximate surface area is 143 Å². The van der Waals surface area contributed by atoms with Crippen molar-refractivity contribution in [2.24, 2.45) is 0 Å². The minimum Gasteiger partial charge on any atom is -0.507 e. The predicted octanol–water partition coefficient (Wildman–Crippen LogP) is 3.14. The number of ether oxygens (including phenoxy) is 1. The third-order valence-electron chi connectivity index (χ3n) is 4.34. The van der Waals surface area contributed by atoms with Gasteiger partial charge in [0.1, 0.15) is 12.4 Å². The van der Waals surface area contributed by atoms with Crippen LogP contribution in [0.4, 0.5) is 4.79 Å². The van der Waals surface area contributed by atoms with Crippen molar-refractivity contribution in [1.29, 1.82) is 0 Å². The fourth-order valence-corrected chi connectivity index (χ4v) is 3.09. The molecule has 2 aromatic carbocycles. The van der Waals surface area contributed by atoms with Crippen LogP contribution >= 0.6 is 0 Å². The quantitative estimate of drug-likeness (QED) is 0.710. The van der Waals surface area contributed by atoms with E-state index in [9.17, 15) is 19.5 Å². The number of carbonyl (C=O) groups excluding carboxylic acids is 2. The van der Waals surface area contributed by atoms with Gasteiger partial charge in [0.05, 0.1) is 5.56 Å². The number of phenolic OH excluding ortho intramolecular Hbond substituents is 1. The van der Waals surface area contributed by atoms with Crippen LogP contribution < -0.4 is 0 Å². The second kappa shape index (κ2) is 5.73. The SMILES string of the molecule is CC(C)(COC(=O)O)c1ccc(O)c2c1C(=O)c1ccccc1C2=O. The van der Waals surface area contributed by atoms with Gasteiger partial charge in [-0.1, -0.05) is 44.2 Å². The van der Waals surface area contributed by atoms with Crippen molar-refractivity contribution >= 4 is 17.7 Å². The third kappa shape index (κ3) is 2.65. The summed E-state index contributed by atoms with van der Waals surface area (Å²) < 4.78 is 4.67. The first kappa shape index (κ1) is 16.7. The summed E-state index contributed by atoms with van der Waals surface area (Å²) in [6.07, 6.45) is -1.42. The Morgan fingerprint density at radius 3 is 2.12 bits per heavy atom. The Morgan fingerprint density at radius 1 is 1.00 bits per heavy atom. The number of rotatable bonds is 3. The zero-order chi connectivity index (χ0) is 18.4. The summed E-state index contributed by atoms with van der Waals surface area (Å²) in [4.78, 5) is 36.5. The molecule has 2 aromatic rings. The molecule has 0 fully saturated rings. The van der Waals surface area contributed by atoms with Crippen molar-refractivity contribution in [2.45, 2.75) is 19.3 Å². The van der Waals surface area contributed by atoms with Gasteiger partial charge in [-0.2, -0.15) is 0 Å². The number of fused-ring (bicyclic) bond motifs is 2. The highest BCUT2D eigenvalue weighted by atomic mass is 16.7. The molecular weight excluding hydrogens is 324 g/mol. The van der Waals surface area contributed by atoms with Gasteiger partial charge in [0.2, 0.25) is 0 Å². The van der Waals surface area contributed by atoms with Crippen molar-refractivity contribution < 1.29 is 29.3 Å². The Hall–Kier alpha value is -3.15. The lowest BCUT2D eigenvalue weighted by molar-refractivity contribution is 0.0741. The monoisotopic (exact) mass is 340 g/mol. The topological polar surface area (TPSA) is 101 Å². The van der Waals surface area contributed by atoms with Crippen molar-refractivity contribution in [2.75, 3.05) is 6.61 Å². The van der Waals surface area contributed by atoms with E-state index in [1.807, 2.05) is 0 Å². The summed E-state index contributed by atoms with van der Waals surface area (Å²) in [7, 11) is 0. The van der Waals surface area contributed by atoms with E-state index >= 15 is 0 Å². The van der Waals surface area contributed by atoms with Crippen molar-refractivity contribution in [1.82, 2.24) is 0 Å². The van der Waals surface area contributed by atoms with Crippen LogP contribution in [-0.4, -0.2) is 34.5 Å². The van der Waals surface area contributed by atoms with E-state index < -0.39 is 17.4 Å². The number of hydrogen-bond donors (Lipinski definition) is 2. The Bertz CT molecular complexity index is 910. The minimum absolute atomic E-state index is 0.0513. The van der Waals surface area contributed by atoms with E-state index in [2.05, 4.69) is 4.74 Å². The molecule has 0 saturated carbocycles. The zero-order valence-electron chi connectivity index (χ0n) is 13.7. The van der Waals surface area contributed by atoms with Crippen LogP contribution in [0.3, 0.4) is 0 Å². The summed E-state index contributed by atoms with van der Waals surface area (Å²) in [6, 6.07) is 9.29. The first-order chi connectivity index (χ1) is 11.7. The molecule has 0 radical (unpaired) electrons. The molecule has 25 heavy (non-hydrogen) atoms. The first-order valence-electron chi connectivity index (χ1n) is 7.64. The van der Waals surface area contributed by atoms with Crippen LogP contribution in [0.5, 0.6) is 5.75 Å². The number of ketones is 2. The molecule has 2 N–H and O–H groups in total. The van der Waals surface area contributed by atoms with Gasteiger partial charge in [0, 0.05) is 22.1 Å². The van der Waals surface area contributed by atoms with Crippen LogP contribution in [-0.2, 0) is 10.2 Å². The lowest BCUT2D eigenvalue weighted by atomic mass is 9.74. The van der Waals surface area contributed by atoms with Gasteiger partial charge in [0.15, 0.2) is 11.6 Å². The van der Waals surface area contributed by atoms with E-state index in [1.54, 1.807) is 38.1 Å². The highest BCUT2D eigenvalue weighted by molar-refractivity contribution is 6.29.